The fraction of sp³-hybridized carbons (Fsp3) is 0.500. The summed E-state index contributed by atoms with van der Waals surface area (Å²) in [5, 5.41) is 4.05. The highest BCUT2D eigenvalue weighted by Gasteiger charge is 2.31. The standard InChI is InChI=1S/C14H17ClN2O/c15-12-3-1-2-11-8-13(18)17(14(11)12)9-10-4-6-16-7-5-10/h1-3,10,16H,4-9H2. The van der Waals surface area contributed by atoms with Gasteiger partial charge in [-0.25, -0.2) is 0 Å². The van der Waals surface area contributed by atoms with Gasteiger partial charge in [-0.2, -0.15) is 0 Å². The van der Waals surface area contributed by atoms with Crippen LogP contribution in [0.15, 0.2) is 18.2 Å². The lowest BCUT2D eigenvalue weighted by atomic mass is 9.97. The quantitative estimate of drug-likeness (QED) is 0.889. The van der Waals surface area contributed by atoms with Crippen LogP contribution in [0.25, 0.3) is 0 Å². The molecule has 3 rings (SSSR count). The largest absolute Gasteiger partial charge is 0.317 e. The van der Waals surface area contributed by atoms with Gasteiger partial charge in [-0.15, -0.1) is 0 Å². The predicted octanol–water partition coefficient (Wildman–Crippen LogP) is 2.23. The van der Waals surface area contributed by atoms with E-state index in [-0.39, 0.29) is 5.91 Å². The Morgan fingerprint density at radius 2 is 2.11 bits per heavy atom. The molecule has 0 spiro atoms. The monoisotopic (exact) mass is 264 g/mol. The van der Waals surface area contributed by atoms with Gasteiger partial charge in [-0.1, -0.05) is 23.7 Å². The van der Waals surface area contributed by atoms with Crippen molar-refractivity contribution >= 4 is 23.2 Å². The topological polar surface area (TPSA) is 32.3 Å². The average molecular weight is 265 g/mol. The zero-order chi connectivity index (χ0) is 12.5. The van der Waals surface area contributed by atoms with Crippen LogP contribution in [0.3, 0.4) is 0 Å². The average Bonchev–Trinajstić information content (AvgIpc) is 2.69. The molecule has 1 aromatic rings. The summed E-state index contributed by atoms with van der Waals surface area (Å²) in [6.07, 6.45) is 2.79. The van der Waals surface area contributed by atoms with Crippen LogP contribution in [0.2, 0.25) is 5.02 Å². The second kappa shape index (κ2) is 4.90. The number of nitrogens with one attached hydrogen (secondary N) is 1. The van der Waals surface area contributed by atoms with E-state index in [0.717, 1.165) is 43.7 Å². The molecule has 1 aromatic carbocycles. The molecule has 0 aliphatic carbocycles. The van der Waals surface area contributed by atoms with Crippen molar-refractivity contribution in [3.63, 3.8) is 0 Å². The highest BCUT2D eigenvalue weighted by Crippen LogP contribution is 2.36. The lowest BCUT2D eigenvalue weighted by Gasteiger charge is -2.28. The first kappa shape index (κ1) is 12.0. The van der Waals surface area contributed by atoms with Gasteiger partial charge in [0, 0.05) is 6.54 Å². The predicted molar refractivity (Wildman–Crippen MR) is 73.1 cm³/mol. The molecule has 2 aliphatic heterocycles. The molecule has 0 unspecified atom stereocenters. The minimum atomic E-state index is 0.191. The third-order valence-electron chi connectivity index (χ3n) is 3.88. The highest BCUT2D eigenvalue weighted by molar-refractivity contribution is 6.34. The molecule has 4 heteroatoms. The molecule has 0 saturated carbocycles. The van der Waals surface area contributed by atoms with E-state index in [2.05, 4.69) is 5.32 Å². The van der Waals surface area contributed by atoms with E-state index in [1.165, 1.54) is 0 Å². The maximum absolute atomic E-state index is 12.1. The van der Waals surface area contributed by atoms with Gasteiger partial charge in [0.05, 0.1) is 17.1 Å². The van der Waals surface area contributed by atoms with Crippen LogP contribution in [0.4, 0.5) is 5.69 Å². The molecule has 1 saturated heterocycles. The van der Waals surface area contributed by atoms with Gasteiger partial charge >= 0.3 is 0 Å². The van der Waals surface area contributed by atoms with E-state index in [1.807, 2.05) is 23.1 Å². The number of hydrogen-bond acceptors (Lipinski definition) is 2. The molecule has 1 amide bonds. The van der Waals surface area contributed by atoms with Crippen LogP contribution in [0.5, 0.6) is 0 Å². The van der Waals surface area contributed by atoms with E-state index in [4.69, 9.17) is 11.6 Å². The molecule has 18 heavy (non-hydrogen) atoms. The number of nitrogens with zero attached hydrogens (tertiary/aromatic N) is 1. The summed E-state index contributed by atoms with van der Waals surface area (Å²) >= 11 is 6.24. The maximum Gasteiger partial charge on any atom is 0.231 e. The van der Waals surface area contributed by atoms with E-state index >= 15 is 0 Å². The van der Waals surface area contributed by atoms with Gasteiger partial charge in [0.1, 0.15) is 0 Å². The normalized spacial score (nSPS) is 20.3. The number of carbonyl (C=O) groups excluding carboxylic acids is 1. The van der Waals surface area contributed by atoms with Gasteiger partial charge in [-0.05, 0) is 43.5 Å². The zero-order valence-corrected chi connectivity index (χ0v) is 11.0. The minimum absolute atomic E-state index is 0.191. The summed E-state index contributed by atoms with van der Waals surface area (Å²) < 4.78 is 0. The number of para-hydroxylation sites is 1. The van der Waals surface area contributed by atoms with Crippen molar-refractivity contribution < 1.29 is 4.79 Å². The van der Waals surface area contributed by atoms with Crippen molar-refractivity contribution in [2.75, 3.05) is 24.5 Å². The Balaban J connectivity index is 1.82. The van der Waals surface area contributed by atoms with Crippen LogP contribution in [-0.2, 0) is 11.2 Å². The zero-order valence-electron chi connectivity index (χ0n) is 10.3. The number of amides is 1. The third-order valence-corrected chi connectivity index (χ3v) is 4.19. The molecule has 1 fully saturated rings. The summed E-state index contributed by atoms with van der Waals surface area (Å²) in [7, 11) is 0. The number of benzene rings is 1. The lowest BCUT2D eigenvalue weighted by Crippen LogP contribution is -2.37. The van der Waals surface area contributed by atoms with E-state index in [1.54, 1.807) is 0 Å². The summed E-state index contributed by atoms with van der Waals surface area (Å²) in [5.41, 5.74) is 2.02. The second-order valence-electron chi connectivity index (χ2n) is 5.12. The van der Waals surface area contributed by atoms with Crippen molar-refractivity contribution in [1.82, 2.24) is 5.32 Å². The van der Waals surface area contributed by atoms with Crippen LogP contribution >= 0.6 is 11.6 Å². The van der Waals surface area contributed by atoms with Crippen LogP contribution in [-0.4, -0.2) is 25.5 Å². The maximum atomic E-state index is 12.1. The molecule has 2 heterocycles. The second-order valence-corrected chi connectivity index (χ2v) is 5.53. The third kappa shape index (κ3) is 2.13. The lowest BCUT2D eigenvalue weighted by molar-refractivity contribution is -0.117. The minimum Gasteiger partial charge on any atom is -0.317 e. The van der Waals surface area contributed by atoms with Crippen LogP contribution < -0.4 is 10.2 Å². The molecule has 2 aliphatic rings. The first-order chi connectivity index (χ1) is 8.75. The number of rotatable bonds is 2. The van der Waals surface area contributed by atoms with Crippen LogP contribution in [0, 0.1) is 5.92 Å². The molecule has 0 radical (unpaired) electrons. The van der Waals surface area contributed by atoms with E-state index in [0.29, 0.717) is 17.4 Å². The van der Waals surface area contributed by atoms with E-state index < -0.39 is 0 Å². The molecule has 3 nitrogen and oxygen atoms in total. The van der Waals surface area contributed by atoms with Gasteiger partial charge in [0.25, 0.3) is 0 Å². The summed E-state index contributed by atoms with van der Waals surface area (Å²) in [5.74, 6) is 0.786. The summed E-state index contributed by atoms with van der Waals surface area (Å²) in [4.78, 5) is 14.0. The fourth-order valence-electron chi connectivity index (χ4n) is 2.90. The van der Waals surface area contributed by atoms with Crippen molar-refractivity contribution in [2.45, 2.75) is 19.3 Å². The SMILES string of the molecule is O=C1Cc2cccc(Cl)c2N1CC1CCNCC1. The Kier molecular flexibility index (Phi) is 3.27. The number of piperidine rings is 1. The summed E-state index contributed by atoms with van der Waals surface area (Å²) in [6.45, 7) is 2.93. The number of hydrogen-bond donors (Lipinski definition) is 1. The van der Waals surface area contributed by atoms with Gasteiger partial charge in [-0.3, -0.25) is 4.79 Å². The molecular weight excluding hydrogens is 248 g/mol. The number of halogens is 1. The van der Waals surface area contributed by atoms with Crippen LogP contribution in [0.1, 0.15) is 18.4 Å². The molecular formula is C14H17ClN2O. The molecule has 0 atom stereocenters. The number of fused-ring (bicyclic) bond motifs is 1. The Bertz CT molecular complexity index is 469. The first-order valence-corrected chi connectivity index (χ1v) is 6.92. The molecule has 0 bridgehead atoms. The van der Waals surface area contributed by atoms with Gasteiger partial charge in [0.15, 0.2) is 0 Å². The fourth-order valence-corrected chi connectivity index (χ4v) is 3.20. The Hall–Kier alpha value is -1.06. The number of anilines is 1. The van der Waals surface area contributed by atoms with E-state index in [9.17, 15) is 4.79 Å². The summed E-state index contributed by atoms with van der Waals surface area (Å²) in [6, 6.07) is 5.79. The Labute approximate surface area is 112 Å². The Morgan fingerprint density at radius 3 is 2.89 bits per heavy atom. The van der Waals surface area contributed by atoms with Crippen molar-refractivity contribution in [1.29, 1.82) is 0 Å². The molecule has 1 N–H and O–H groups in total. The van der Waals surface area contributed by atoms with Gasteiger partial charge in [0.2, 0.25) is 5.91 Å². The highest BCUT2D eigenvalue weighted by atomic mass is 35.5. The van der Waals surface area contributed by atoms with Crippen molar-refractivity contribution in [3.05, 3.63) is 28.8 Å². The molecule has 96 valence electrons. The molecule has 0 aromatic heterocycles. The van der Waals surface area contributed by atoms with Crippen molar-refractivity contribution in [3.8, 4) is 0 Å². The number of carbonyl (C=O) groups is 1. The Morgan fingerprint density at radius 1 is 1.33 bits per heavy atom. The van der Waals surface area contributed by atoms with Gasteiger partial charge < -0.3 is 10.2 Å². The first-order valence-electron chi connectivity index (χ1n) is 6.54. The van der Waals surface area contributed by atoms with Crippen molar-refractivity contribution in [2.24, 2.45) is 5.92 Å². The smallest absolute Gasteiger partial charge is 0.231 e.